The minimum Gasteiger partial charge on any atom is -0.469 e. The van der Waals surface area contributed by atoms with Crippen molar-refractivity contribution < 1.29 is 27.5 Å². The number of carbonyl (C=O) groups is 2. The summed E-state index contributed by atoms with van der Waals surface area (Å²) in [5.74, 6) is -1.75. The van der Waals surface area contributed by atoms with Crippen LogP contribution in [0, 0.1) is 0 Å². The zero-order valence-electron chi connectivity index (χ0n) is 10.9. The maximum absolute atomic E-state index is 12.5. The quantitative estimate of drug-likeness (QED) is 0.770. The molecule has 116 valence electrons. The number of alkyl halides is 3. The van der Waals surface area contributed by atoms with Crippen LogP contribution < -0.4 is 0 Å². The van der Waals surface area contributed by atoms with Gasteiger partial charge in [-0.15, -0.1) is 0 Å². The zero-order chi connectivity index (χ0) is 16.0. The predicted molar refractivity (Wildman–Crippen MR) is 65.6 cm³/mol. The van der Waals surface area contributed by atoms with E-state index in [9.17, 15) is 22.8 Å². The zero-order valence-corrected chi connectivity index (χ0v) is 11.6. The summed E-state index contributed by atoms with van der Waals surface area (Å²) in [5.41, 5.74) is -0.336. The molecule has 10 heteroatoms. The molecular weight excluding hydrogens is 315 g/mol. The summed E-state index contributed by atoms with van der Waals surface area (Å²) in [5, 5.41) is -0.124. The average Bonchev–Trinajstić information content (AvgIpc) is 2.41. The molecule has 0 N–H and O–H groups in total. The monoisotopic (exact) mass is 325 g/mol. The van der Waals surface area contributed by atoms with Crippen LogP contribution in [-0.2, 0) is 9.53 Å². The molecule has 1 rings (SSSR count). The van der Waals surface area contributed by atoms with Crippen molar-refractivity contribution >= 4 is 23.5 Å². The number of halogens is 4. The molecule has 0 spiro atoms. The molecule has 0 saturated carbocycles. The Kier molecular flexibility index (Phi) is 5.89. The highest BCUT2D eigenvalue weighted by atomic mass is 35.5. The number of hydrogen-bond acceptors (Lipinski definition) is 5. The third kappa shape index (κ3) is 5.94. The van der Waals surface area contributed by atoms with Crippen molar-refractivity contribution in [2.45, 2.75) is 12.6 Å². The lowest BCUT2D eigenvalue weighted by Crippen LogP contribution is -2.40. The third-order valence-corrected chi connectivity index (χ3v) is 2.48. The predicted octanol–water partition coefficient (Wildman–Crippen LogP) is 1.70. The summed E-state index contributed by atoms with van der Waals surface area (Å²) >= 11 is 5.54. The van der Waals surface area contributed by atoms with Gasteiger partial charge in [-0.2, -0.15) is 13.2 Å². The SMILES string of the molecule is COC(=O)CCN(CC(F)(F)F)C(=O)c1cncc(Cl)n1. The number of nitrogens with zero attached hydrogens (tertiary/aromatic N) is 3. The normalized spacial score (nSPS) is 11.1. The molecule has 1 amide bonds. The first-order valence-electron chi connectivity index (χ1n) is 5.63. The van der Waals surface area contributed by atoms with Crippen LogP contribution in [0.2, 0.25) is 5.15 Å². The van der Waals surface area contributed by atoms with Crippen LogP contribution in [0.1, 0.15) is 16.9 Å². The molecule has 0 bridgehead atoms. The molecule has 0 aliphatic rings. The Balaban J connectivity index is 2.89. The summed E-state index contributed by atoms with van der Waals surface area (Å²) in [6.45, 7) is -1.98. The molecule has 1 aromatic rings. The molecule has 6 nitrogen and oxygen atoms in total. The van der Waals surface area contributed by atoms with E-state index in [0.29, 0.717) is 4.90 Å². The number of amides is 1. The van der Waals surface area contributed by atoms with Crippen LogP contribution in [-0.4, -0.2) is 53.1 Å². The summed E-state index contributed by atoms with van der Waals surface area (Å²) in [6, 6.07) is 0. The van der Waals surface area contributed by atoms with E-state index < -0.39 is 31.1 Å². The van der Waals surface area contributed by atoms with E-state index in [1.54, 1.807) is 0 Å². The van der Waals surface area contributed by atoms with Gasteiger partial charge in [0, 0.05) is 6.54 Å². The second-order valence-electron chi connectivity index (χ2n) is 3.90. The van der Waals surface area contributed by atoms with Gasteiger partial charge in [0.05, 0.1) is 25.9 Å². The van der Waals surface area contributed by atoms with E-state index in [1.165, 1.54) is 0 Å². The first-order valence-corrected chi connectivity index (χ1v) is 6.01. The number of methoxy groups -OCH3 is 1. The van der Waals surface area contributed by atoms with Crippen molar-refractivity contribution in [3.8, 4) is 0 Å². The molecule has 0 aromatic carbocycles. The van der Waals surface area contributed by atoms with E-state index >= 15 is 0 Å². The van der Waals surface area contributed by atoms with Crippen molar-refractivity contribution in [3.05, 3.63) is 23.2 Å². The lowest BCUT2D eigenvalue weighted by molar-refractivity contribution is -0.147. The lowest BCUT2D eigenvalue weighted by atomic mass is 10.3. The van der Waals surface area contributed by atoms with E-state index in [2.05, 4.69) is 14.7 Å². The molecule has 21 heavy (non-hydrogen) atoms. The highest BCUT2D eigenvalue weighted by Gasteiger charge is 2.34. The number of esters is 1. The second-order valence-corrected chi connectivity index (χ2v) is 4.28. The molecule has 0 saturated heterocycles. The van der Waals surface area contributed by atoms with Gasteiger partial charge in [-0.3, -0.25) is 14.6 Å². The van der Waals surface area contributed by atoms with Gasteiger partial charge in [-0.25, -0.2) is 4.98 Å². The fraction of sp³-hybridized carbons (Fsp3) is 0.455. The van der Waals surface area contributed by atoms with Crippen LogP contribution in [0.5, 0.6) is 0 Å². The van der Waals surface area contributed by atoms with Crippen LogP contribution in [0.3, 0.4) is 0 Å². The fourth-order valence-electron chi connectivity index (χ4n) is 1.40. The van der Waals surface area contributed by atoms with Gasteiger partial charge >= 0.3 is 12.1 Å². The van der Waals surface area contributed by atoms with Gasteiger partial charge in [-0.1, -0.05) is 11.6 Å². The third-order valence-electron chi connectivity index (χ3n) is 2.30. The Labute approximate surface area is 122 Å². The molecule has 0 atom stereocenters. The number of aromatic nitrogens is 2. The maximum atomic E-state index is 12.5. The summed E-state index contributed by atoms with van der Waals surface area (Å²) in [7, 11) is 1.10. The first kappa shape index (κ1) is 17.2. The highest BCUT2D eigenvalue weighted by molar-refractivity contribution is 6.29. The smallest absolute Gasteiger partial charge is 0.406 e. The minimum absolute atomic E-state index is 0.124. The van der Waals surface area contributed by atoms with Gasteiger partial charge in [0.25, 0.3) is 5.91 Å². The van der Waals surface area contributed by atoms with Crippen LogP contribution in [0.4, 0.5) is 13.2 Å². The topological polar surface area (TPSA) is 72.4 Å². The fourth-order valence-corrected chi connectivity index (χ4v) is 1.55. The van der Waals surface area contributed by atoms with Crippen LogP contribution in [0.15, 0.2) is 12.4 Å². The summed E-state index contributed by atoms with van der Waals surface area (Å²) in [6.07, 6.45) is -2.85. The van der Waals surface area contributed by atoms with Gasteiger partial charge in [0.2, 0.25) is 0 Å². The largest absolute Gasteiger partial charge is 0.469 e. The number of rotatable bonds is 5. The van der Waals surface area contributed by atoms with Crippen molar-refractivity contribution in [3.63, 3.8) is 0 Å². The Morgan fingerprint density at radius 3 is 2.57 bits per heavy atom. The summed E-state index contributed by atoms with van der Waals surface area (Å²) < 4.78 is 41.8. The first-order chi connectivity index (χ1) is 9.73. The van der Waals surface area contributed by atoms with E-state index in [1.807, 2.05) is 0 Å². The lowest BCUT2D eigenvalue weighted by Gasteiger charge is -2.23. The molecule has 0 radical (unpaired) electrons. The molecule has 0 unspecified atom stereocenters. The van der Waals surface area contributed by atoms with Gasteiger partial charge in [-0.05, 0) is 0 Å². The van der Waals surface area contributed by atoms with Gasteiger partial charge < -0.3 is 9.64 Å². The van der Waals surface area contributed by atoms with Crippen molar-refractivity contribution in [1.82, 2.24) is 14.9 Å². The van der Waals surface area contributed by atoms with Crippen molar-refractivity contribution in [2.75, 3.05) is 20.2 Å². The molecule has 1 aromatic heterocycles. The van der Waals surface area contributed by atoms with E-state index in [0.717, 1.165) is 19.5 Å². The summed E-state index contributed by atoms with van der Waals surface area (Å²) in [4.78, 5) is 30.6. The maximum Gasteiger partial charge on any atom is 0.406 e. The molecule has 1 heterocycles. The van der Waals surface area contributed by atoms with Crippen molar-refractivity contribution in [2.24, 2.45) is 0 Å². The van der Waals surface area contributed by atoms with Crippen LogP contribution in [0.25, 0.3) is 0 Å². The Hall–Kier alpha value is -1.90. The molecule has 0 aliphatic carbocycles. The number of hydrogen-bond donors (Lipinski definition) is 0. The second kappa shape index (κ2) is 7.21. The number of ether oxygens (including phenoxy) is 1. The Bertz CT molecular complexity index is 525. The van der Waals surface area contributed by atoms with E-state index in [-0.39, 0.29) is 17.3 Å². The molecule has 0 aliphatic heterocycles. The van der Waals surface area contributed by atoms with Crippen LogP contribution >= 0.6 is 11.6 Å². The van der Waals surface area contributed by atoms with E-state index in [4.69, 9.17) is 11.6 Å². The average molecular weight is 326 g/mol. The highest BCUT2D eigenvalue weighted by Crippen LogP contribution is 2.18. The Morgan fingerprint density at radius 2 is 2.05 bits per heavy atom. The van der Waals surface area contributed by atoms with Crippen molar-refractivity contribution in [1.29, 1.82) is 0 Å². The number of carbonyl (C=O) groups excluding carboxylic acids is 2. The standard InChI is InChI=1S/C11H11ClF3N3O3/c1-21-9(19)2-3-18(6-11(13,14)15)10(20)7-4-16-5-8(12)17-7/h4-5H,2-3,6H2,1H3. The van der Waals surface area contributed by atoms with Gasteiger partial charge in [0.15, 0.2) is 0 Å². The molecule has 0 fully saturated rings. The Morgan fingerprint density at radius 1 is 1.38 bits per heavy atom. The minimum atomic E-state index is -4.61. The molecular formula is C11H11ClF3N3O3. The van der Waals surface area contributed by atoms with Gasteiger partial charge in [0.1, 0.15) is 17.4 Å².